The maximum Gasteiger partial charge on any atom is 0.280 e. The van der Waals surface area contributed by atoms with E-state index in [0.29, 0.717) is 22.9 Å². The highest BCUT2D eigenvalue weighted by molar-refractivity contribution is 6.17. The number of aryl methyl sites for hydroxylation is 1. The Labute approximate surface area is 261 Å². The summed E-state index contributed by atoms with van der Waals surface area (Å²) in [6.07, 6.45) is 2.18. The molecule has 6 rings (SSSR count). The number of aliphatic imine (C=N–C) groups is 3. The molecule has 1 saturated heterocycles. The average Bonchev–Trinajstić information content (AvgIpc) is 3.46. The number of hydrogen-bond acceptors (Lipinski definition) is 6. The molecule has 3 heterocycles. The van der Waals surface area contributed by atoms with E-state index in [1.54, 1.807) is 24.4 Å². The minimum Gasteiger partial charge on any atom is -0.369 e. The van der Waals surface area contributed by atoms with Crippen LogP contribution in [-0.2, 0) is 0 Å². The van der Waals surface area contributed by atoms with Gasteiger partial charge in [0.1, 0.15) is 11.6 Å². The summed E-state index contributed by atoms with van der Waals surface area (Å²) in [5.41, 5.74) is 11.4. The number of nitrogens with zero attached hydrogens (tertiary/aromatic N) is 6. The smallest absolute Gasteiger partial charge is 0.280 e. The lowest BCUT2D eigenvalue weighted by atomic mass is 9.92. The molecule has 3 aromatic carbocycles. The molecule has 0 radical (unpaired) electrons. The van der Waals surface area contributed by atoms with Crippen LogP contribution in [0.3, 0.4) is 0 Å². The van der Waals surface area contributed by atoms with E-state index in [0.717, 1.165) is 41.9 Å². The van der Waals surface area contributed by atoms with E-state index in [4.69, 9.17) is 15.7 Å². The van der Waals surface area contributed by atoms with E-state index < -0.39 is 23.8 Å². The molecule has 0 aromatic heterocycles. The van der Waals surface area contributed by atoms with Crippen molar-refractivity contribution in [1.29, 1.82) is 0 Å². The first-order valence-electron chi connectivity index (χ1n) is 14.9. The molecule has 3 aliphatic rings. The predicted molar refractivity (Wildman–Crippen MR) is 175 cm³/mol. The standard InChI is InChI=1S/C34H36F2N8O/c1-20-11-12-25-26(15-20)30(29-27(35)9-6-10-28(29)36)38-17-22-18-39-34(43(4)31(22)25)40-23-8-5-7-21(16-23)32(45)41-33(37)44-14-13-24(19-44)42(2)3/h5-12,15-16,18,24,34,40H,13-14,17,19H2,1-4H3,(H2,37,41,45). The zero-order valence-corrected chi connectivity index (χ0v) is 25.8. The molecule has 0 bridgehead atoms. The normalized spacial score (nSPS) is 19.8. The molecule has 45 heavy (non-hydrogen) atoms. The van der Waals surface area contributed by atoms with Gasteiger partial charge in [-0.3, -0.25) is 9.79 Å². The van der Waals surface area contributed by atoms with Crippen molar-refractivity contribution in [2.75, 3.05) is 46.1 Å². The lowest BCUT2D eigenvalue weighted by Crippen LogP contribution is -2.39. The molecule has 2 unspecified atom stereocenters. The van der Waals surface area contributed by atoms with Gasteiger partial charge in [-0.2, -0.15) is 4.99 Å². The summed E-state index contributed by atoms with van der Waals surface area (Å²) < 4.78 is 29.9. The maximum atomic E-state index is 15.0. The van der Waals surface area contributed by atoms with Crippen LogP contribution in [0, 0.1) is 18.6 Å². The Morgan fingerprint density at radius 3 is 2.56 bits per heavy atom. The fourth-order valence-corrected chi connectivity index (χ4v) is 6.03. The van der Waals surface area contributed by atoms with Crippen LogP contribution in [0.1, 0.15) is 39.0 Å². The topological polar surface area (TPSA) is 102 Å². The van der Waals surface area contributed by atoms with Gasteiger partial charge in [-0.1, -0.05) is 29.8 Å². The summed E-state index contributed by atoms with van der Waals surface area (Å²) in [7, 11) is 5.96. The number of nitrogens with one attached hydrogen (secondary N) is 1. The molecular weight excluding hydrogens is 574 g/mol. The number of hydrogen-bond donors (Lipinski definition) is 2. The highest BCUT2D eigenvalue weighted by Gasteiger charge is 2.31. The van der Waals surface area contributed by atoms with Gasteiger partial charge in [0.25, 0.3) is 5.91 Å². The highest BCUT2D eigenvalue weighted by Crippen LogP contribution is 2.35. The average molecular weight is 611 g/mol. The van der Waals surface area contributed by atoms with Gasteiger partial charge >= 0.3 is 0 Å². The maximum absolute atomic E-state index is 15.0. The Hall–Kier alpha value is -4.90. The van der Waals surface area contributed by atoms with Gasteiger partial charge in [0.2, 0.25) is 0 Å². The van der Waals surface area contributed by atoms with Gasteiger partial charge in [0.15, 0.2) is 12.2 Å². The van der Waals surface area contributed by atoms with Gasteiger partial charge in [-0.05, 0) is 63.8 Å². The summed E-state index contributed by atoms with van der Waals surface area (Å²) in [6.45, 7) is 3.61. The Kier molecular flexibility index (Phi) is 8.20. The number of rotatable bonds is 5. The van der Waals surface area contributed by atoms with Crippen molar-refractivity contribution < 1.29 is 13.6 Å². The first kappa shape index (κ1) is 30.1. The van der Waals surface area contributed by atoms with E-state index in [9.17, 15) is 13.6 Å². The van der Waals surface area contributed by atoms with Crippen molar-refractivity contribution >= 4 is 35.2 Å². The number of fused-ring (bicyclic) bond motifs is 2. The second-order valence-electron chi connectivity index (χ2n) is 11.8. The van der Waals surface area contributed by atoms with E-state index in [1.165, 1.54) is 18.2 Å². The molecule has 3 aromatic rings. The summed E-state index contributed by atoms with van der Waals surface area (Å²) in [5, 5.41) is 3.40. The molecule has 0 saturated carbocycles. The van der Waals surface area contributed by atoms with Gasteiger partial charge in [0.05, 0.1) is 23.5 Å². The highest BCUT2D eigenvalue weighted by atomic mass is 19.1. The summed E-state index contributed by atoms with van der Waals surface area (Å²) in [4.78, 5) is 32.7. The fourth-order valence-electron chi connectivity index (χ4n) is 6.03. The van der Waals surface area contributed by atoms with E-state index in [-0.39, 0.29) is 23.8 Å². The fraction of sp³-hybridized carbons (Fsp3) is 0.294. The third-order valence-corrected chi connectivity index (χ3v) is 8.53. The number of anilines is 1. The monoisotopic (exact) mass is 610 g/mol. The Bertz CT molecular complexity index is 1760. The molecule has 9 nitrogen and oxygen atoms in total. The third kappa shape index (κ3) is 5.95. The Balaban J connectivity index is 1.24. The second-order valence-corrected chi connectivity index (χ2v) is 11.8. The molecule has 11 heteroatoms. The van der Waals surface area contributed by atoms with Crippen molar-refractivity contribution in [3.8, 4) is 0 Å². The van der Waals surface area contributed by atoms with Crippen LogP contribution in [0.4, 0.5) is 14.5 Å². The Morgan fingerprint density at radius 2 is 1.82 bits per heavy atom. The van der Waals surface area contributed by atoms with Crippen molar-refractivity contribution in [3.63, 3.8) is 0 Å². The third-order valence-electron chi connectivity index (χ3n) is 8.53. The van der Waals surface area contributed by atoms with Crippen LogP contribution in [0.5, 0.6) is 0 Å². The molecule has 1 fully saturated rings. The molecular formula is C34H36F2N8O. The van der Waals surface area contributed by atoms with Gasteiger partial charge in [-0.25, -0.2) is 13.8 Å². The minimum atomic E-state index is -0.665. The number of likely N-dealkylation sites (N-methyl/N-ethyl adjacent to an activating group) is 1. The number of guanidine groups is 1. The van der Waals surface area contributed by atoms with Crippen molar-refractivity contribution in [1.82, 2.24) is 14.7 Å². The van der Waals surface area contributed by atoms with Crippen LogP contribution < -0.4 is 11.1 Å². The Morgan fingerprint density at radius 1 is 1.07 bits per heavy atom. The molecule has 3 aliphatic heterocycles. The molecule has 3 N–H and O–H groups in total. The number of nitrogens with two attached hydrogens (primary N) is 1. The number of carbonyl (C=O) groups is 1. The van der Waals surface area contributed by atoms with Gasteiger partial charge in [-0.15, -0.1) is 0 Å². The first-order chi connectivity index (χ1) is 21.6. The second kappa shape index (κ2) is 12.2. The SMILES string of the molecule is Cc1ccc2c(c1)C(c1c(F)cccc1F)=NCC1=C2N(C)C(Nc2cccc(C(=O)N=C(N)N3CCC(N(C)C)C3)c2)N=C1. The quantitative estimate of drug-likeness (QED) is 0.329. The van der Waals surface area contributed by atoms with Crippen LogP contribution in [0.15, 0.2) is 81.2 Å². The largest absolute Gasteiger partial charge is 0.369 e. The summed E-state index contributed by atoms with van der Waals surface area (Å²) in [5.74, 6) is -1.53. The summed E-state index contributed by atoms with van der Waals surface area (Å²) >= 11 is 0. The number of halogens is 2. The first-order valence-corrected chi connectivity index (χ1v) is 14.9. The number of benzene rings is 3. The van der Waals surface area contributed by atoms with Crippen LogP contribution in [0.25, 0.3) is 5.70 Å². The molecule has 0 aliphatic carbocycles. The minimum absolute atomic E-state index is 0.148. The van der Waals surface area contributed by atoms with E-state index in [1.807, 2.05) is 62.1 Å². The predicted octanol–water partition coefficient (Wildman–Crippen LogP) is 4.34. The van der Waals surface area contributed by atoms with Crippen molar-refractivity contribution in [2.24, 2.45) is 20.7 Å². The van der Waals surface area contributed by atoms with Gasteiger partial charge < -0.3 is 25.8 Å². The number of carbonyl (C=O) groups excluding carboxylic acids is 1. The lowest BCUT2D eigenvalue weighted by molar-refractivity contribution is 0.100. The zero-order valence-electron chi connectivity index (χ0n) is 25.8. The van der Waals surface area contributed by atoms with Crippen LogP contribution in [-0.4, -0.2) is 91.6 Å². The molecule has 0 spiro atoms. The van der Waals surface area contributed by atoms with Crippen molar-refractivity contribution in [2.45, 2.75) is 25.7 Å². The van der Waals surface area contributed by atoms with Crippen molar-refractivity contribution in [3.05, 3.63) is 106 Å². The molecule has 232 valence electrons. The number of amides is 1. The number of likely N-dealkylation sites (tertiary alicyclic amines) is 1. The summed E-state index contributed by atoms with van der Waals surface area (Å²) in [6, 6.07) is 17.1. The van der Waals surface area contributed by atoms with Gasteiger partial charge in [0, 0.05) is 60.3 Å². The molecule has 2 atom stereocenters. The lowest BCUT2D eigenvalue weighted by Gasteiger charge is -2.34. The van der Waals surface area contributed by atoms with E-state index >= 15 is 0 Å². The molecule has 1 amide bonds. The van der Waals surface area contributed by atoms with E-state index in [2.05, 4.69) is 15.2 Å². The van der Waals surface area contributed by atoms with Crippen LogP contribution in [0.2, 0.25) is 0 Å². The van der Waals surface area contributed by atoms with Crippen LogP contribution >= 0.6 is 0 Å². The zero-order chi connectivity index (χ0) is 31.8.